The highest BCUT2D eigenvalue weighted by Crippen LogP contribution is 2.26. The molecular weight excluding hydrogens is 394 g/mol. The second-order valence-electron chi connectivity index (χ2n) is 8.87. The van der Waals surface area contributed by atoms with Crippen LogP contribution in [0.5, 0.6) is 0 Å². The molecule has 0 unspecified atom stereocenters. The average molecular weight is 428 g/mol. The smallest absolute Gasteiger partial charge is 0.215 e. The maximum atomic E-state index is 5.00. The number of hydrogen-bond donors (Lipinski definition) is 1. The minimum atomic E-state index is 0.827. The molecule has 0 aliphatic heterocycles. The summed E-state index contributed by atoms with van der Waals surface area (Å²) < 4.78 is 4.59. The van der Waals surface area contributed by atoms with Gasteiger partial charge in [0.05, 0.1) is 22.1 Å². The number of rotatable bonds is 11. The molecule has 0 amide bonds. The van der Waals surface area contributed by atoms with Gasteiger partial charge in [-0.1, -0.05) is 82.6 Å². The van der Waals surface area contributed by atoms with Crippen LogP contribution < -0.4 is 0 Å². The molecule has 5 nitrogen and oxygen atoms in total. The number of aromatic amines is 1. The van der Waals surface area contributed by atoms with Crippen molar-refractivity contribution >= 4 is 27.8 Å². The van der Waals surface area contributed by atoms with E-state index in [4.69, 9.17) is 9.97 Å². The number of nitrogens with zero attached hydrogens (tertiary/aromatic N) is 4. The number of para-hydroxylation sites is 4. The van der Waals surface area contributed by atoms with Gasteiger partial charge in [-0.25, -0.2) is 9.97 Å². The van der Waals surface area contributed by atoms with Crippen LogP contribution in [0.2, 0.25) is 0 Å². The fourth-order valence-electron chi connectivity index (χ4n) is 4.73. The van der Waals surface area contributed by atoms with Crippen LogP contribution in [0.15, 0.2) is 54.7 Å². The second-order valence-corrected chi connectivity index (χ2v) is 8.87. The number of imidazole rings is 3. The lowest BCUT2D eigenvalue weighted by atomic mass is 10.1. The number of hydrogen-bond acceptors (Lipinski definition) is 2. The van der Waals surface area contributed by atoms with Crippen LogP contribution in [0.4, 0.5) is 0 Å². The van der Waals surface area contributed by atoms with Gasteiger partial charge in [0.2, 0.25) is 5.78 Å². The van der Waals surface area contributed by atoms with Crippen molar-refractivity contribution in [3.63, 3.8) is 0 Å². The minimum Gasteiger partial charge on any atom is -0.337 e. The van der Waals surface area contributed by atoms with Crippen molar-refractivity contribution < 1.29 is 0 Å². The van der Waals surface area contributed by atoms with Gasteiger partial charge in [-0.2, -0.15) is 0 Å². The largest absolute Gasteiger partial charge is 0.337 e. The summed E-state index contributed by atoms with van der Waals surface area (Å²) in [6, 6.07) is 16.7. The van der Waals surface area contributed by atoms with Gasteiger partial charge in [0, 0.05) is 12.7 Å². The van der Waals surface area contributed by atoms with Gasteiger partial charge < -0.3 is 9.55 Å². The van der Waals surface area contributed by atoms with Crippen LogP contribution in [0.3, 0.4) is 0 Å². The third-order valence-corrected chi connectivity index (χ3v) is 6.48. The molecule has 0 spiro atoms. The molecule has 3 aromatic heterocycles. The SMILES string of the molecule is CCCCCCCCCCCn1c2ccccc2n2cc(-c3nc4ccccc4[nH]3)nc12. The monoisotopic (exact) mass is 427 g/mol. The van der Waals surface area contributed by atoms with Crippen molar-refractivity contribution in [2.24, 2.45) is 0 Å². The van der Waals surface area contributed by atoms with Gasteiger partial charge in [-0.05, 0) is 30.7 Å². The predicted octanol–water partition coefficient (Wildman–Crippen LogP) is 7.36. The highest BCUT2D eigenvalue weighted by Gasteiger charge is 2.16. The Morgan fingerprint density at radius 3 is 2.22 bits per heavy atom. The molecule has 32 heavy (non-hydrogen) atoms. The van der Waals surface area contributed by atoms with E-state index in [-0.39, 0.29) is 0 Å². The zero-order valence-electron chi connectivity index (χ0n) is 19.1. The normalized spacial score (nSPS) is 11.9. The summed E-state index contributed by atoms with van der Waals surface area (Å²) in [5.74, 6) is 1.83. The molecule has 0 aliphatic rings. The molecule has 1 N–H and O–H groups in total. The zero-order valence-corrected chi connectivity index (χ0v) is 19.1. The molecule has 5 rings (SSSR count). The summed E-state index contributed by atoms with van der Waals surface area (Å²) >= 11 is 0. The Morgan fingerprint density at radius 2 is 1.44 bits per heavy atom. The fraction of sp³-hybridized carbons (Fsp3) is 0.407. The van der Waals surface area contributed by atoms with Crippen LogP contribution >= 0.6 is 0 Å². The van der Waals surface area contributed by atoms with Crippen LogP contribution in [0, 0.1) is 0 Å². The molecule has 2 aromatic carbocycles. The lowest BCUT2D eigenvalue weighted by molar-refractivity contribution is 0.545. The molecule has 0 radical (unpaired) electrons. The minimum absolute atomic E-state index is 0.827. The maximum absolute atomic E-state index is 5.00. The van der Waals surface area contributed by atoms with Crippen LogP contribution in [-0.4, -0.2) is 23.9 Å². The van der Waals surface area contributed by atoms with E-state index in [1.807, 2.05) is 18.2 Å². The second kappa shape index (κ2) is 9.60. The van der Waals surface area contributed by atoms with Gasteiger partial charge in [0.25, 0.3) is 0 Å². The van der Waals surface area contributed by atoms with Crippen molar-refractivity contribution in [1.29, 1.82) is 0 Å². The summed E-state index contributed by atoms with van der Waals surface area (Å²) in [4.78, 5) is 13.2. The number of fused-ring (bicyclic) bond motifs is 4. The Bertz CT molecular complexity index is 1270. The first kappa shape index (κ1) is 20.8. The van der Waals surface area contributed by atoms with E-state index in [2.05, 4.69) is 57.4 Å². The Kier molecular flexibility index (Phi) is 6.24. The summed E-state index contributed by atoms with van der Waals surface area (Å²) in [6.07, 6.45) is 14.2. The van der Waals surface area contributed by atoms with E-state index in [1.54, 1.807) is 0 Å². The molecule has 3 heterocycles. The third kappa shape index (κ3) is 4.16. The highest BCUT2D eigenvalue weighted by molar-refractivity contribution is 5.83. The van der Waals surface area contributed by atoms with Crippen molar-refractivity contribution in [2.75, 3.05) is 0 Å². The van der Waals surface area contributed by atoms with E-state index in [1.165, 1.54) is 68.8 Å². The Morgan fingerprint density at radius 1 is 0.750 bits per heavy atom. The molecule has 0 atom stereocenters. The number of unbranched alkanes of at least 4 members (excludes halogenated alkanes) is 8. The Balaban J connectivity index is 1.32. The molecule has 0 aliphatic carbocycles. The van der Waals surface area contributed by atoms with Crippen molar-refractivity contribution in [2.45, 2.75) is 71.3 Å². The maximum Gasteiger partial charge on any atom is 0.215 e. The topological polar surface area (TPSA) is 50.9 Å². The molecule has 0 saturated heterocycles. The Hall–Kier alpha value is -3.08. The Labute approximate surface area is 189 Å². The molecule has 5 aromatic rings. The highest BCUT2D eigenvalue weighted by atomic mass is 15.2. The van der Waals surface area contributed by atoms with E-state index in [9.17, 15) is 0 Å². The first-order valence-electron chi connectivity index (χ1n) is 12.3. The van der Waals surface area contributed by atoms with Gasteiger partial charge in [-0.3, -0.25) is 4.40 Å². The van der Waals surface area contributed by atoms with E-state index in [0.29, 0.717) is 0 Å². The summed E-state index contributed by atoms with van der Waals surface area (Å²) in [5, 5.41) is 0. The average Bonchev–Trinajstić information content (AvgIpc) is 3.51. The number of aromatic nitrogens is 5. The molecule has 0 saturated carbocycles. The van der Waals surface area contributed by atoms with Crippen LogP contribution in [-0.2, 0) is 6.54 Å². The first-order chi connectivity index (χ1) is 15.8. The third-order valence-electron chi connectivity index (χ3n) is 6.48. The van der Waals surface area contributed by atoms with Gasteiger partial charge in [-0.15, -0.1) is 0 Å². The summed E-state index contributed by atoms with van der Waals surface area (Å²) in [5.41, 5.74) is 5.37. The molecular formula is C27H33N5. The standard InChI is InChI=1S/C27H33N5/c1-2-3-4-5-6-7-8-9-14-19-31-24-17-12-13-18-25(24)32-20-23(30-27(31)32)26-28-21-15-10-11-16-22(21)29-26/h10-13,15-18,20H,2-9,14,19H2,1H3,(H,28,29). The van der Waals surface area contributed by atoms with Gasteiger partial charge in [0.15, 0.2) is 5.82 Å². The number of H-pyrrole nitrogens is 1. The molecule has 0 bridgehead atoms. The van der Waals surface area contributed by atoms with Gasteiger partial charge in [0.1, 0.15) is 5.69 Å². The lowest BCUT2D eigenvalue weighted by Crippen LogP contribution is -1.99. The van der Waals surface area contributed by atoms with E-state index >= 15 is 0 Å². The molecule has 166 valence electrons. The summed E-state index contributed by atoms with van der Waals surface area (Å²) in [7, 11) is 0. The van der Waals surface area contributed by atoms with Crippen molar-refractivity contribution in [3.8, 4) is 11.5 Å². The lowest BCUT2D eigenvalue weighted by Gasteiger charge is -2.05. The predicted molar refractivity (Wildman–Crippen MR) is 133 cm³/mol. The number of nitrogens with one attached hydrogen (secondary N) is 1. The fourth-order valence-corrected chi connectivity index (χ4v) is 4.73. The van der Waals surface area contributed by atoms with Crippen LogP contribution in [0.1, 0.15) is 64.7 Å². The quantitative estimate of drug-likeness (QED) is 0.224. The number of aryl methyl sites for hydroxylation is 1. The number of benzene rings is 2. The first-order valence-corrected chi connectivity index (χ1v) is 12.3. The summed E-state index contributed by atoms with van der Waals surface area (Å²) in [6.45, 7) is 3.28. The van der Waals surface area contributed by atoms with Crippen LogP contribution in [0.25, 0.3) is 39.4 Å². The molecule has 0 fully saturated rings. The van der Waals surface area contributed by atoms with Crippen molar-refractivity contribution in [1.82, 2.24) is 23.9 Å². The zero-order chi connectivity index (χ0) is 21.8. The van der Waals surface area contributed by atoms with E-state index < -0.39 is 0 Å². The van der Waals surface area contributed by atoms with Gasteiger partial charge >= 0.3 is 0 Å². The molecule has 5 heteroatoms. The van der Waals surface area contributed by atoms with Crippen molar-refractivity contribution in [3.05, 3.63) is 54.7 Å². The van der Waals surface area contributed by atoms with E-state index in [0.717, 1.165) is 34.9 Å².